The average Bonchev–Trinajstić information content (AvgIpc) is 2.49. The fourth-order valence-electron chi connectivity index (χ4n) is 1.87. The molecule has 0 saturated heterocycles. The molecule has 1 unspecified atom stereocenters. The van der Waals surface area contributed by atoms with E-state index in [4.69, 9.17) is 15.2 Å². The Hall–Kier alpha value is -1.95. The van der Waals surface area contributed by atoms with Gasteiger partial charge in [0.2, 0.25) is 11.8 Å². The first kappa shape index (κ1) is 14.5. The zero-order valence-corrected chi connectivity index (χ0v) is 12.5. The highest BCUT2D eigenvalue weighted by molar-refractivity contribution is 7.99. The molecule has 0 aliphatic heterocycles. The predicted octanol–water partition coefficient (Wildman–Crippen LogP) is 2.53. The molecule has 5 nitrogen and oxygen atoms in total. The maximum absolute atomic E-state index is 6.04. The summed E-state index contributed by atoms with van der Waals surface area (Å²) in [6.45, 7) is 0. The molecule has 2 N–H and O–H groups in total. The molecular formula is C14H17N3O2S. The number of benzene rings is 1. The van der Waals surface area contributed by atoms with Gasteiger partial charge in [-0.2, -0.15) is 9.97 Å². The Labute approximate surface area is 122 Å². The summed E-state index contributed by atoms with van der Waals surface area (Å²) in [5.41, 5.74) is 7.75. The van der Waals surface area contributed by atoms with Crippen molar-refractivity contribution in [3.8, 4) is 11.8 Å². The molecule has 0 amide bonds. The first-order valence-corrected chi connectivity index (χ1v) is 7.32. The number of rotatable bonds is 5. The third-order valence-corrected chi connectivity index (χ3v) is 3.80. The standard InChI is InChI=1S/C14H17N3O2S/c1-18-11-8-12(19-2)17-14(16-11)13(20-3)9-6-4-5-7-10(9)15/h4-8,13H,15H2,1-3H3. The lowest BCUT2D eigenvalue weighted by molar-refractivity contribution is 0.368. The number of nitrogens with two attached hydrogens (primary N) is 1. The van der Waals surface area contributed by atoms with E-state index in [2.05, 4.69) is 9.97 Å². The van der Waals surface area contributed by atoms with Gasteiger partial charge in [0.1, 0.15) is 0 Å². The normalized spacial score (nSPS) is 11.9. The fourth-order valence-corrected chi connectivity index (χ4v) is 2.65. The maximum atomic E-state index is 6.04. The smallest absolute Gasteiger partial charge is 0.220 e. The number of hydrogen-bond acceptors (Lipinski definition) is 6. The number of aromatic nitrogens is 2. The third-order valence-electron chi connectivity index (χ3n) is 2.86. The predicted molar refractivity (Wildman–Crippen MR) is 81.3 cm³/mol. The molecule has 0 saturated carbocycles. The summed E-state index contributed by atoms with van der Waals surface area (Å²) in [4.78, 5) is 8.80. The largest absolute Gasteiger partial charge is 0.481 e. The van der Waals surface area contributed by atoms with Crippen LogP contribution in [0.3, 0.4) is 0 Å². The molecule has 0 spiro atoms. The van der Waals surface area contributed by atoms with Gasteiger partial charge in [-0.25, -0.2) is 0 Å². The minimum absolute atomic E-state index is 0.0693. The van der Waals surface area contributed by atoms with Crippen molar-refractivity contribution in [3.63, 3.8) is 0 Å². The molecule has 0 bridgehead atoms. The van der Waals surface area contributed by atoms with Crippen molar-refractivity contribution < 1.29 is 9.47 Å². The number of methoxy groups -OCH3 is 2. The van der Waals surface area contributed by atoms with Crippen molar-refractivity contribution in [1.29, 1.82) is 0 Å². The van der Waals surface area contributed by atoms with E-state index in [-0.39, 0.29) is 5.25 Å². The molecule has 2 rings (SSSR count). The van der Waals surface area contributed by atoms with Crippen LogP contribution in [-0.4, -0.2) is 30.4 Å². The highest BCUT2D eigenvalue weighted by Gasteiger charge is 2.20. The topological polar surface area (TPSA) is 70.3 Å². The monoisotopic (exact) mass is 291 g/mol. The highest BCUT2D eigenvalue weighted by Crippen LogP contribution is 2.36. The minimum atomic E-state index is -0.0693. The summed E-state index contributed by atoms with van der Waals surface area (Å²) in [7, 11) is 3.13. The van der Waals surface area contributed by atoms with Crippen molar-refractivity contribution in [2.75, 3.05) is 26.2 Å². The second kappa shape index (κ2) is 6.47. The summed E-state index contributed by atoms with van der Waals surface area (Å²) in [5, 5.41) is -0.0693. The molecule has 1 aromatic carbocycles. The summed E-state index contributed by atoms with van der Waals surface area (Å²) >= 11 is 1.61. The van der Waals surface area contributed by atoms with E-state index in [9.17, 15) is 0 Å². The van der Waals surface area contributed by atoms with Gasteiger partial charge < -0.3 is 15.2 Å². The Kier molecular flexibility index (Phi) is 4.68. The van der Waals surface area contributed by atoms with Gasteiger partial charge in [-0.3, -0.25) is 0 Å². The van der Waals surface area contributed by atoms with E-state index < -0.39 is 0 Å². The molecule has 6 heteroatoms. The maximum Gasteiger partial charge on any atom is 0.220 e. The Morgan fingerprint density at radius 1 is 1.10 bits per heavy atom. The SMILES string of the molecule is COc1cc(OC)nc(C(SC)c2ccccc2N)n1. The fraction of sp³-hybridized carbons (Fsp3) is 0.286. The molecule has 1 atom stereocenters. The van der Waals surface area contributed by atoms with E-state index in [1.54, 1.807) is 32.0 Å². The van der Waals surface area contributed by atoms with E-state index in [1.807, 2.05) is 30.5 Å². The second-order valence-electron chi connectivity index (χ2n) is 4.06. The lowest BCUT2D eigenvalue weighted by atomic mass is 10.1. The van der Waals surface area contributed by atoms with Crippen LogP contribution in [0.1, 0.15) is 16.6 Å². The molecule has 0 aliphatic carbocycles. The van der Waals surface area contributed by atoms with Crippen LogP contribution in [0, 0.1) is 0 Å². The number of para-hydroxylation sites is 1. The van der Waals surface area contributed by atoms with E-state index in [0.717, 1.165) is 11.3 Å². The molecule has 20 heavy (non-hydrogen) atoms. The zero-order chi connectivity index (χ0) is 14.5. The van der Waals surface area contributed by atoms with Gasteiger partial charge >= 0.3 is 0 Å². The van der Waals surface area contributed by atoms with Gasteiger partial charge in [0.05, 0.1) is 25.5 Å². The van der Waals surface area contributed by atoms with Crippen LogP contribution in [0.15, 0.2) is 30.3 Å². The quantitative estimate of drug-likeness (QED) is 0.854. The van der Waals surface area contributed by atoms with Crippen molar-refractivity contribution in [2.45, 2.75) is 5.25 Å². The number of nitrogen functional groups attached to an aromatic ring is 1. The molecule has 106 valence electrons. The molecule has 2 aromatic rings. The van der Waals surface area contributed by atoms with Gasteiger partial charge in [-0.15, -0.1) is 11.8 Å². The number of hydrogen-bond donors (Lipinski definition) is 1. The zero-order valence-electron chi connectivity index (χ0n) is 11.7. The van der Waals surface area contributed by atoms with Crippen LogP contribution in [0.4, 0.5) is 5.69 Å². The van der Waals surface area contributed by atoms with Gasteiger partial charge in [0.15, 0.2) is 5.82 Å². The van der Waals surface area contributed by atoms with Crippen LogP contribution >= 0.6 is 11.8 Å². The van der Waals surface area contributed by atoms with Gasteiger partial charge in [-0.05, 0) is 17.9 Å². The Balaban J connectivity index is 2.49. The minimum Gasteiger partial charge on any atom is -0.481 e. The molecule has 0 aliphatic rings. The second-order valence-corrected chi connectivity index (χ2v) is 5.00. The lowest BCUT2D eigenvalue weighted by Crippen LogP contribution is -2.07. The van der Waals surface area contributed by atoms with Crippen LogP contribution in [-0.2, 0) is 0 Å². The summed E-state index contributed by atoms with van der Waals surface area (Å²) in [5.74, 6) is 1.56. The highest BCUT2D eigenvalue weighted by atomic mass is 32.2. The summed E-state index contributed by atoms with van der Waals surface area (Å²) in [6, 6.07) is 9.35. The first-order chi connectivity index (χ1) is 9.69. The van der Waals surface area contributed by atoms with Gasteiger partial charge in [-0.1, -0.05) is 18.2 Å². The Morgan fingerprint density at radius 3 is 2.20 bits per heavy atom. The van der Waals surface area contributed by atoms with Crippen molar-refractivity contribution in [3.05, 3.63) is 41.7 Å². The van der Waals surface area contributed by atoms with Gasteiger partial charge in [0.25, 0.3) is 0 Å². The Bertz CT molecular complexity index is 570. The van der Waals surface area contributed by atoms with Crippen molar-refractivity contribution in [2.24, 2.45) is 0 Å². The number of ether oxygens (including phenoxy) is 2. The number of anilines is 1. The first-order valence-electron chi connectivity index (χ1n) is 6.03. The summed E-state index contributed by atoms with van der Waals surface area (Å²) in [6.07, 6.45) is 1.99. The molecule has 0 radical (unpaired) electrons. The third kappa shape index (κ3) is 2.96. The van der Waals surface area contributed by atoms with Crippen molar-refractivity contribution >= 4 is 17.4 Å². The van der Waals surface area contributed by atoms with Crippen LogP contribution < -0.4 is 15.2 Å². The number of thioether (sulfide) groups is 1. The van der Waals surface area contributed by atoms with Crippen molar-refractivity contribution in [1.82, 2.24) is 9.97 Å². The lowest BCUT2D eigenvalue weighted by Gasteiger charge is -2.16. The van der Waals surface area contributed by atoms with Gasteiger partial charge in [0, 0.05) is 5.69 Å². The molecule has 1 heterocycles. The van der Waals surface area contributed by atoms with Crippen LogP contribution in [0.25, 0.3) is 0 Å². The number of nitrogens with zero attached hydrogens (tertiary/aromatic N) is 2. The molecule has 0 fully saturated rings. The Morgan fingerprint density at radius 2 is 1.70 bits per heavy atom. The summed E-state index contributed by atoms with van der Waals surface area (Å²) < 4.78 is 10.4. The average molecular weight is 291 g/mol. The van der Waals surface area contributed by atoms with Crippen LogP contribution in [0.5, 0.6) is 11.8 Å². The molecule has 1 aromatic heterocycles. The van der Waals surface area contributed by atoms with E-state index in [1.165, 1.54) is 0 Å². The molecular weight excluding hydrogens is 274 g/mol. The van der Waals surface area contributed by atoms with Crippen LogP contribution in [0.2, 0.25) is 0 Å². The van der Waals surface area contributed by atoms with E-state index >= 15 is 0 Å². The van der Waals surface area contributed by atoms with E-state index in [0.29, 0.717) is 17.6 Å².